The van der Waals surface area contributed by atoms with Gasteiger partial charge in [0.25, 0.3) is 0 Å². The van der Waals surface area contributed by atoms with Crippen LogP contribution in [0.3, 0.4) is 0 Å². The summed E-state index contributed by atoms with van der Waals surface area (Å²) in [5, 5.41) is 6.44. The molecule has 2 N–H and O–H groups in total. The van der Waals surface area contributed by atoms with Crippen molar-refractivity contribution < 1.29 is 4.79 Å². The van der Waals surface area contributed by atoms with Gasteiger partial charge in [0.2, 0.25) is 5.91 Å². The molecule has 0 radical (unpaired) electrons. The van der Waals surface area contributed by atoms with E-state index in [9.17, 15) is 4.79 Å². The van der Waals surface area contributed by atoms with Gasteiger partial charge in [0.1, 0.15) is 0 Å². The fourth-order valence-electron chi connectivity index (χ4n) is 2.89. The first-order valence-corrected chi connectivity index (χ1v) is 7.54. The van der Waals surface area contributed by atoms with Gasteiger partial charge in [-0.15, -0.1) is 0 Å². The van der Waals surface area contributed by atoms with E-state index in [0.717, 1.165) is 39.1 Å². The van der Waals surface area contributed by atoms with Crippen molar-refractivity contribution in [3.63, 3.8) is 0 Å². The summed E-state index contributed by atoms with van der Waals surface area (Å²) < 4.78 is 0. The third-order valence-electron chi connectivity index (χ3n) is 3.78. The molecule has 0 aromatic carbocycles. The first kappa shape index (κ1) is 16.4. The maximum absolute atomic E-state index is 12.2. The normalized spacial score (nSPS) is 19.5. The molecule has 112 valence electrons. The molecular weight excluding hydrogens is 238 g/mol. The van der Waals surface area contributed by atoms with Crippen LogP contribution in [0, 0.1) is 11.3 Å². The second kappa shape index (κ2) is 7.25. The van der Waals surface area contributed by atoms with Crippen molar-refractivity contribution in [1.82, 2.24) is 15.5 Å². The molecule has 1 amide bonds. The number of amides is 1. The number of carbonyl (C=O) groups excluding carboxylic acids is 1. The molecule has 1 rings (SSSR count). The van der Waals surface area contributed by atoms with Crippen molar-refractivity contribution in [3.8, 4) is 0 Å². The molecule has 4 heteroatoms. The fourth-order valence-corrected chi connectivity index (χ4v) is 2.89. The van der Waals surface area contributed by atoms with Crippen LogP contribution >= 0.6 is 0 Å². The highest BCUT2D eigenvalue weighted by Gasteiger charge is 2.25. The highest BCUT2D eigenvalue weighted by Crippen LogP contribution is 2.24. The molecule has 1 unspecified atom stereocenters. The Hall–Kier alpha value is -0.610. The first-order valence-electron chi connectivity index (χ1n) is 7.54. The van der Waals surface area contributed by atoms with Crippen LogP contribution in [0.2, 0.25) is 0 Å². The van der Waals surface area contributed by atoms with E-state index in [1.54, 1.807) is 0 Å². The molecule has 0 bridgehead atoms. The van der Waals surface area contributed by atoms with Gasteiger partial charge in [0, 0.05) is 32.7 Å². The van der Waals surface area contributed by atoms with Gasteiger partial charge in [-0.05, 0) is 24.7 Å². The Morgan fingerprint density at radius 3 is 2.37 bits per heavy atom. The van der Waals surface area contributed by atoms with Gasteiger partial charge in [0.05, 0.1) is 6.04 Å². The predicted molar refractivity (Wildman–Crippen MR) is 80.2 cm³/mol. The lowest BCUT2D eigenvalue weighted by molar-refractivity contribution is -0.126. The number of nitrogens with one attached hydrogen (secondary N) is 2. The van der Waals surface area contributed by atoms with Crippen molar-refractivity contribution in [1.29, 1.82) is 0 Å². The Bertz CT molecular complexity index is 283. The van der Waals surface area contributed by atoms with E-state index >= 15 is 0 Å². The molecule has 0 spiro atoms. The molecule has 1 atom stereocenters. The molecule has 0 saturated carbocycles. The van der Waals surface area contributed by atoms with Crippen molar-refractivity contribution in [2.45, 2.75) is 47.1 Å². The second-order valence-electron chi connectivity index (χ2n) is 6.94. The van der Waals surface area contributed by atoms with Crippen LogP contribution in [0.4, 0.5) is 0 Å². The number of hydrogen-bond donors (Lipinski definition) is 2. The van der Waals surface area contributed by atoms with E-state index in [4.69, 9.17) is 0 Å². The van der Waals surface area contributed by atoms with Gasteiger partial charge in [-0.25, -0.2) is 0 Å². The molecule has 1 heterocycles. The van der Waals surface area contributed by atoms with Crippen LogP contribution < -0.4 is 10.6 Å². The van der Waals surface area contributed by atoms with Gasteiger partial charge in [0.15, 0.2) is 0 Å². The minimum Gasteiger partial charge on any atom is -0.354 e. The Morgan fingerprint density at radius 2 is 1.84 bits per heavy atom. The van der Waals surface area contributed by atoms with E-state index in [-0.39, 0.29) is 17.4 Å². The number of carbonyl (C=O) groups is 1. The molecule has 4 nitrogen and oxygen atoms in total. The summed E-state index contributed by atoms with van der Waals surface area (Å²) in [4.78, 5) is 14.5. The molecule has 1 aliphatic rings. The zero-order valence-corrected chi connectivity index (χ0v) is 13.3. The van der Waals surface area contributed by atoms with Crippen LogP contribution in [0.5, 0.6) is 0 Å². The molecule has 1 fully saturated rings. The molecule has 0 aliphatic carbocycles. The van der Waals surface area contributed by atoms with Crippen LogP contribution in [0.25, 0.3) is 0 Å². The quantitative estimate of drug-likeness (QED) is 0.767. The first-order chi connectivity index (χ1) is 8.82. The fraction of sp³-hybridized carbons (Fsp3) is 0.933. The highest BCUT2D eigenvalue weighted by atomic mass is 16.2. The number of piperazine rings is 1. The number of rotatable bonds is 6. The lowest BCUT2D eigenvalue weighted by Crippen LogP contribution is -2.53. The maximum Gasteiger partial charge on any atom is 0.237 e. The highest BCUT2D eigenvalue weighted by molar-refractivity contribution is 5.81. The van der Waals surface area contributed by atoms with Crippen molar-refractivity contribution in [2.75, 3.05) is 32.7 Å². The van der Waals surface area contributed by atoms with E-state index in [0.29, 0.717) is 5.92 Å². The summed E-state index contributed by atoms with van der Waals surface area (Å²) in [6.07, 6.45) is 1.13. The average Bonchev–Trinajstić information content (AvgIpc) is 2.34. The molecule has 1 aliphatic heterocycles. The average molecular weight is 269 g/mol. The predicted octanol–water partition coefficient (Wildman–Crippen LogP) is 1.47. The third-order valence-corrected chi connectivity index (χ3v) is 3.78. The standard InChI is InChI=1S/C15H31N3O/c1-12(2)10-15(4,5)11-17-14(19)13(3)18-8-6-16-7-9-18/h12-13,16H,6-11H2,1-5H3,(H,17,19). The summed E-state index contributed by atoms with van der Waals surface area (Å²) in [7, 11) is 0. The van der Waals surface area contributed by atoms with Crippen LogP contribution in [0.15, 0.2) is 0 Å². The largest absolute Gasteiger partial charge is 0.354 e. The van der Waals surface area contributed by atoms with Gasteiger partial charge in [-0.3, -0.25) is 9.69 Å². The molecular formula is C15H31N3O. The smallest absolute Gasteiger partial charge is 0.237 e. The maximum atomic E-state index is 12.2. The molecule has 1 saturated heterocycles. The summed E-state index contributed by atoms with van der Waals surface area (Å²) in [6.45, 7) is 15.6. The molecule has 19 heavy (non-hydrogen) atoms. The number of nitrogens with zero attached hydrogens (tertiary/aromatic N) is 1. The summed E-state index contributed by atoms with van der Waals surface area (Å²) in [6, 6.07) is -0.0167. The molecule has 0 aromatic heterocycles. The minimum absolute atomic E-state index is 0.0167. The summed E-state index contributed by atoms with van der Waals surface area (Å²) in [5.41, 5.74) is 0.174. The van der Waals surface area contributed by atoms with Gasteiger partial charge >= 0.3 is 0 Å². The van der Waals surface area contributed by atoms with Crippen molar-refractivity contribution >= 4 is 5.91 Å². The van der Waals surface area contributed by atoms with Crippen LogP contribution in [-0.2, 0) is 4.79 Å². The number of hydrogen-bond acceptors (Lipinski definition) is 3. The third kappa shape index (κ3) is 5.91. The zero-order chi connectivity index (χ0) is 14.5. The van der Waals surface area contributed by atoms with Crippen LogP contribution in [-0.4, -0.2) is 49.6 Å². The van der Waals surface area contributed by atoms with E-state index in [2.05, 4.69) is 43.2 Å². The second-order valence-corrected chi connectivity index (χ2v) is 6.94. The Kier molecular flexibility index (Phi) is 6.27. The summed E-state index contributed by atoms with van der Waals surface area (Å²) in [5.74, 6) is 0.830. The van der Waals surface area contributed by atoms with Gasteiger partial charge in [-0.2, -0.15) is 0 Å². The Balaban J connectivity index is 2.37. The SMILES string of the molecule is CC(C)CC(C)(C)CNC(=O)C(C)N1CCNCC1. The minimum atomic E-state index is -0.0167. The Labute approximate surface area is 118 Å². The van der Waals surface area contributed by atoms with E-state index in [1.165, 1.54) is 0 Å². The van der Waals surface area contributed by atoms with Gasteiger partial charge in [-0.1, -0.05) is 27.7 Å². The van der Waals surface area contributed by atoms with E-state index < -0.39 is 0 Å². The zero-order valence-electron chi connectivity index (χ0n) is 13.3. The van der Waals surface area contributed by atoms with Gasteiger partial charge < -0.3 is 10.6 Å². The lowest BCUT2D eigenvalue weighted by atomic mass is 9.84. The topological polar surface area (TPSA) is 44.4 Å². The van der Waals surface area contributed by atoms with Crippen LogP contribution in [0.1, 0.15) is 41.0 Å². The van der Waals surface area contributed by atoms with E-state index in [1.807, 2.05) is 6.92 Å². The molecule has 0 aromatic rings. The monoisotopic (exact) mass is 269 g/mol. The van der Waals surface area contributed by atoms with Crippen molar-refractivity contribution in [2.24, 2.45) is 11.3 Å². The summed E-state index contributed by atoms with van der Waals surface area (Å²) >= 11 is 0. The Morgan fingerprint density at radius 1 is 1.26 bits per heavy atom. The lowest BCUT2D eigenvalue weighted by Gasteiger charge is -2.33. The van der Waals surface area contributed by atoms with Crippen molar-refractivity contribution in [3.05, 3.63) is 0 Å².